The maximum atomic E-state index is 12.8. The van der Waals surface area contributed by atoms with E-state index >= 15 is 0 Å². The SMILES string of the molecule is O=C(Nc1cc(S(=O)(=O)N2CCCC2)ccc1O)c1ccn(-c2ccc([N+](=O)[O-])cc2)n1. The molecule has 0 radical (unpaired) electrons. The minimum atomic E-state index is -3.72. The minimum absolute atomic E-state index is 0.00977. The molecule has 2 N–H and O–H groups in total. The molecule has 0 aliphatic carbocycles. The first-order valence-electron chi connectivity index (χ1n) is 9.71. The zero-order valence-corrected chi connectivity index (χ0v) is 17.5. The van der Waals surface area contributed by atoms with Crippen LogP contribution >= 0.6 is 0 Å². The van der Waals surface area contributed by atoms with Gasteiger partial charge in [0.05, 0.1) is 21.2 Å². The van der Waals surface area contributed by atoms with Gasteiger partial charge in [0.1, 0.15) is 5.75 Å². The Morgan fingerprint density at radius 2 is 1.78 bits per heavy atom. The predicted molar refractivity (Wildman–Crippen MR) is 114 cm³/mol. The maximum absolute atomic E-state index is 12.8. The van der Waals surface area contributed by atoms with Gasteiger partial charge in [-0.1, -0.05) is 0 Å². The highest BCUT2D eigenvalue weighted by atomic mass is 32.2. The number of phenolic OH excluding ortho intramolecular Hbond substituents is 1. The van der Waals surface area contributed by atoms with Gasteiger partial charge in [-0.25, -0.2) is 13.1 Å². The normalized spacial score (nSPS) is 14.4. The lowest BCUT2D eigenvalue weighted by atomic mass is 10.3. The minimum Gasteiger partial charge on any atom is -0.506 e. The molecular weight excluding hydrogens is 438 g/mol. The largest absolute Gasteiger partial charge is 0.506 e. The summed E-state index contributed by atoms with van der Waals surface area (Å²) < 4.78 is 28.2. The van der Waals surface area contributed by atoms with E-state index in [0.29, 0.717) is 18.8 Å². The van der Waals surface area contributed by atoms with Crippen LogP contribution in [0, 0.1) is 10.1 Å². The third-order valence-corrected chi connectivity index (χ3v) is 6.96. The Labute approximate surface area is 183 Å². The van der Waals surface area contributed by atoms with E-state index in [9.17, 15) is 28.4 Å². The number of aromatic nitrogens is 2. The monoisotopic (exact) mass is 457 g/mol. The summed E-state index contributed by atoms with van der Waals surface area (Å²) >= 11 is 0. The molecule has 2 heterocycles. The van der Waals surface area contributed by atoms with Gasteiger partial charge < -0.3 is 10.4 Å². The first kappa shape index (κ1) is 21.5. The van der Waals surface area contributed by atoms with E-state index in [1.54, 1.807) is 0 Å². The molecule has 4 rings (SSSR count). The highest BCUT2D eigenvalue weighted by molar-refractivity contribution is 7.89. The van der Waals surface area contributed by atoms with E-state index in [0.717, 1.165) is 12.8 Å². The van der Waals surface area contributed by atoms with E-state index in [1.165, 1.54) is 63.7 Å². The first-order chi connectivity index (χ1) is 15.3. The van der Waals surface area contributed by atoms with Crippen LogP contribution in [0.1, 0.15) is 23.3 Å². The average molecular weight is 457 g/mol. The van der Waals surface area contributed by atoms with Crippen molar-refractivity contribution in [1.82, 2.24) is 14.1 Å². The van der Waals surface area contributed by atoms with Crippen molar-refractivity contribution in [1.29, 1.82) is 0 Å². The number of nitrogens with zero attached hydrogens (tertiary/aromatic N) is 4. The van der Waals surface area contributed by atoms with Crippen LogP contribution in [0.2, 0.25) is 0 Å². The summed E-state index contributed by atoms with van der Waals surface area (Å²) in [5.74, 6) is -0.940. The molecule has 1 aliphatic rings. The molecular formula is C20H19N5O6S. The number of hydrogen-bond donors (Lipinski definition) is 2. The van der Waals surface area contributed by atoms with Gasteiger partial charge in [-0.15, -0.1) is 0 Å². The number of amides is 1. The standard InChI is InChI=1S/C20H19N5O6S/c26-19-8-7-16(32(30,31)23-10-1-2-11-23)13-18(19)21-20(27)17-9-12-24(22-17)14-3-5-15(6-4-14)25(28)29/h3-9,12-13,26H,1-2,10-11H2,(H,21,27). The van der Waals surface area contributed by atoms with E-state index < -0.39 is 20.9 Å². The van der Waals surface area contributed by atoms with Crippen LogP contribution in [-0.4, -0.2) is 51.5 Å². The number of sulfonamides is 1. The number of nitro groups is 1. The van der Waals surface area contributed by atoms with Gasteiger partial charge in [0.25, 0.3) is 11.6 Å². The Kier molecular flexibility index (Phi) is 5.63. The van der Waals surface area contributed by atoms with Crippen molar-refractivity contribution in [3.05, 3.63) is 70.5 Å². The van der Waals surface area contributed by atoms with Crippen molar-refractivity contribution in [3.63, 3.8) is 0 Å². The van der Waals surface area contributed by atoms with Crippen LogP contribution in [0.5, 0.6) is 5.75 Å². The van der Waals surface area contributed by atoms with Crippen LogP contribution in [0.4, 0.5) is 11.4 Å². The summed E-state index contributed by atoms with van der Waals surface area (Å²) in [7, 11) is -3.72. The number of aromatic hydroxyl groups is 1. The molecule has 1 amide bonds. The van der Waals surface area contributed by atoms with Gasteiger partial charge in [0.2, 0.25) is 10.0 Å². The Hall–Kier alpha value is -3.77. The van der Waals surface area contributed by atoms with Gasteiger partial charge in [0.15, 0.2) is 5.69 Å². The van der Waals surface area contributed by atoms with Crippen molar-refractivity contribution < 1.29 is 23.2 Å². The zero-order valence-electron chi connectivity index (χ0n) is 16.7. The summed E-state index contributed by atoms with van der Waals surface area (Å²) in [5.41, 5.74) is 0.394. The van der Waals surface area contributed by atoms with Crippen molar-refractivity contribution in [3.8, 4) is 11.4 Å². The average Bonchev–Trinajstić information content (AvgIpc) is 3.48. The zero-order chi connectivity index (χ0) is 22.9. The highest BCUT2D eigenvalue weighted by Gasteiger charge is 2.28. The smallest absolute Gasteiger partial charge is 0.276 e. The third kappa shape index (κ3) is 4.18. The summed E-state index contributed by atoms with van der Waals surface area (Å²) in [6, 6.07) is 10.8. The molecule has 1 saturated heterocycles. The van der Waals surface area contributed by atoms with Gasteiger partial charge in [-0.05, 0) is 49.2 Å². The van der Waals surface area contributed by atoms with Crippen molar-refractivity contribution in [2.45, 2.75) is 17.7 Å². The molecule has 0 unspecified atom stereocenters. The highest BCUT2D eigenvalue weighted by Crippen LogP contribution is 2.29. The molecule has 1 aliphatic heterocycles. The molecule has 12 heteroatoms. The first-order valence-corrected chi connectivity index (χ1v) is 11.1. The molecule has 0 atom stereocenters. The second-order valence-electron chi connectivity index (χ2n) is 7.16. The number of benzene rings is 2. The number of nitro benzene ring substituents is 1. The Morgan fingerprint density at radius 1 is 1.09 bits per heavy atom. The van der Waals surface area contributed by atoms with E-state index in [1.807, 2.05) is 0 Å². The topological polar surface area (TPSA) is 148 Å². The molecule has 166 valence electrons. The number of hydrogen-bond acceptors (Lipinski definition) is 7. The van der Waals surface area contributed by atoms with Crippen LogP contribution in [0.15, 0.2) is 59.6 Å². The Morgan fingerprint density at radius 3 is 2.44 bits per heavy atom. The summed E-state index contributed by atoms with van der Waals surface area (Å²) in [6.45, 7) is 0.871. The van der Waals surface area contributed by atoms with Gasteiger partial charge in [-0.2, -0.15) is 9.40 Å². The summed E-state index contributed by atoms with van der Waals surface area (Å²) in [4.78, 5) is 22.9. The number of non-ortho nitro benzene ring substituents is 1. The van der Waals surface area contributed by atoms with Gasteiger partial charge >= 0.3 is 0 Å². The van der Waals surface area contributed by atoms with Crippen LogP contribution in [-0.2, 0) is 10.0 Å². The number of anilines is 1. The van der Waals surface area contributed by atoms with Crippen molar-refractivity contribution >= 4 is 27.3 Å². The van der Waals surface area contributed by atoms with Gasteiger partial charge in [-0.3, -0.25) is 14.9 Å². The second kappa shape index (κ2) is 8.40. The molecule has 32 heavy (non-hydrogen) atoms. The Balaban J connectivity index is 1.54. The van der Waals surface area contributed by atoms with Crippen LogP contribution in [0.25, 0.3) is 5.69 Å². The molecule has 11 nitrogen and oxygen atoms in total. The molecule has 0 saturated carbocycles. The lowest BCUT2D eigenvalue weighted by Crippen LogP contribution is -2.28. The fraction of sp³-hybridized carbons (Fsp3) is 0.200. The van der Waals surface area contributed by atoms with E-state index in [4.69, 9.17) is 0 Å². The fourth-order valence-corrected chi connectivity index (χ4v) is 4.90. The predicted octanol–water partition coefficient (Wildman–Crippen LogP) is 2.52. The lowest BCUT2D eigenvalue weighted by molar-refractivity contribution is -0.384. The number of rotatable bonds is 6. The number of nitrogens with one attached hydrogen (secondary N) is 1. The molecule has 1 fully saturated rings. The van der Waals surface area contributed by atoms with Crippen LogP contribution in [0.3, 0.4) is 0 Å². The summed E-state index contributed by atoms with van der Waals surface area (Å²) in [6.07, 6.45) is 3.08. The molecule has 0 bridgehead atoms. The van der Waals surface area contributed by atoms with Gasteiger partial charge in [0, 0.05) is 31.4 Å². The van der Waals surface area contributed by atoms with E-state index in [-0.39, 0.29) is 27.7 Å². The molecule has 2 aromatic carbocycles. The number of carbonyl (C=O) groups is 1. The third-order valence-electron chi connectivity index (χ3n) is 5.07. The van der Waals surface area contributed by atoms with Crippen molar-refractivity contribution in [2.75, 3.05) is 18.4 Å². The summed E-state index contributed by atoms with van der Waals surface area (Å²) in [5, 5.41) is 27.5. The quantitative estimate of drug-likeness (QED) is 0.328. The van der Waals surface area contributed by atoms with Crippen molar-refractivity contribution in [2.24, 2.45) is 0 Å². The number of carbonyl (C=O) groups excluding carboxylic acids is 1. The lowest BCUT2D eigenvalue weighted by Gasteiger charge is -2.16. The van der Waals surface area contributed by atoms with E-state index in [2.05, 4.69) is 10.4 Å². The molecule has 1 aromatic heterocycles. The molecule has 0 spiro atoms. The second-order valence-corrected chi connectivity index (χ2v) is 9.10. The fourth-order valence-electron chi connectivity index (χ4n) is 3.36. The molecule has 3 aromatic rings. The number of phenols is 1. The Bertz CT molecular complexity index is 1280. The van der Waals surface area contributed by atoms with Crippen LogP contribution < -0.4 is 5.32 Å². The maximum Gasteiger partial charge on any atom is 0.276 e.